The number of ether oxygens (including phenoxy) is 1. The molecule has 0 amide bonds. The van der Waals surface area contributed by atoms with Crippen LogP contribution in [0.5, 0.6) is 0 Å². The van der Waals surface area contributed by atoms with Gasteiger partial charge in [-0.05, 0) is 0 Å². The molecule has 0 aliphatic carbocycles. The van der Waals surface area contributed by atoms with Crippen molar-refractivity contribution in [3.63, 3.8) is 0 Å². The van der Waals surface area contributed by atoms with E-state index in [-0.39, 0.29) is 0 Å². The Hall–Kier alpha value is -0.0313. The van der Waals surface area contributed by atoms with Crippen LogP contribution in [0.25, 0.3) is 0 Å². The monoisotopic (exact) mass is 406 g/mol. The van der Waals surface area contributed by atoms with Crippen LogP contribution < -0.4 is 0 Å². The van der Waals surface area contributed by atoms with Crippen molar-refractivity contribution in [1.82, 2.24) is 0 Å². The van der Waals surface area contributed by atoms with Gasteiger partial charge in [0.05, 0.1) is 0 Å². The minimum atomic E-state index is -2.60. The van der Waals surface area contributed by atoms with Crippen LogP contribution in [0.1, 0.15) is 59.3 Å². The van der Waals surface area contributed by atoms with Gasteiger partial charge in [0.25, 0.3) is 0 Å². The third-order valence-corrected chi connectivity index (χ3v) is 20.2. The first-order valence-electron chi connectivity index (χ1n) is 8.49. The Bertz CT molecular complexity index is 291. The van der Waals surface area contributed by atoms with Gasteiger partial charge >= 0.3 is 135 Å². The molecule has 124 valence electrons. The summed E-state index contributed by atoms with van der Waals surface area (Å²) in [6.45, 7) is 7.22. The topological polar surface area (TPSA) is 46.5 Å². The second kappa shape index (κ2) is 12.5. The second-order valence-corrected chi connectivity index (χ2v) is 19.5. The molecule has 0 aromatic rings. The van der Waals surface area contributed by atoms with Crippen LogP contribution in [0, 0.1) is 0 Å². The molecular weight excluding hydrogens is 371 g/mol. The van der Waals surface area contributed by atoms with Crippen LogP contribution >= 0.6 is 0 Å². The summed E-state index contributed by atoms with van der Waals surface area (Å²) < 4.78 is 10.4. The number of methoxy groups -OCH3 is 1. The van der Waals surface area contributed by atoms with E-state index in [9.17, 15) is 9.90 Å². The third-order valence-electron chi connectivity index (χ3n) is 4.31. The van der Waals surface area contributed by atoms with Crippen molar-refractivity contribution in [3.8, 4) is 0 Å². The molecule has 0 rings (SSSR count). The molecule has 0 saturated carbocycles. The number of carboxylic acids is 1. The van der Waals surface area contributed by atoms with Crippen LogP contribution in [0.2, 0.25) is 13.3 Å². The van der Waals surface area contributed by atoms with Crippen molar-refractivity contribution in [2.24, 2.45) is 0 Å². The Kier molecular flexibility index (Phi) is 12.5. The zero-order valence-electron chi connectivity index (χ0n) is 14.4. The van der Waals surface area contributed by atoms with Gasteiger partial charge in [-0.25, -0.2) is 0 Å². The van der Waals surface area contributed by atoms with E-state index in [1.165, 1.54) is 61.5 Å². The van der Waals surface area contributed by atoms with Gasteiger partial charge in [0.1, 0.15) is 0 Å². The van der Waals surface area contributed by atoms with Gasteiger partial charge in [-0.15, -0.1) is 0 Å². The molecule has 4 heteroatoms. The van der Waals surface area contributed by atoms with Gasteiger partial charge in [0.2, 0.25) is 0 Å². The number of unbranched alkanes of at least 4 members (excludes halogenated alkanes) is 3. The molecule has 0 aromatic heterocycles. The SMILES string of the molecule is CCC[CH2][Sn]([CH2]CCC)([CH2]CCC)/[C](=C/C(=O)O)COC. The minimum absolute atomic E-state index is 0.527. The van der Waals surface area contributed by atoms with Crippen LogP contribution in [0.15, 0.2) is 9.67 Å². The van der Waals surface area contributed by atoms with Crippen LogP contribution in [0.3, 0.4) is 0 Å². The molecule has 0 atom stereocenters. The fourth-order valence-electron chi connectivity index (χ4n) is 3.05. The first-order valence-corrected chi connectivity index (χ1v) is 16.0. The first kappa shape index (κ1) is 21.0. The van der Waals surface area contributed by atoms with E-state index in [0.29, 0.717) is 6.61 Å². The Morgan fingerprint density at radius 1 is 1.00 bits per heavy atom. The maximum absolute atomic E-state index is 11.3. The van der Waals surface area contributed by atoms with Gasteiger partial charge in [-0.3, -0.25) is 0 Å². The molecule has 0 aromatic carbocycles. The van der Waals surface area contributed by atoms with Gasteiger partial charge in [0, 0.05) is 0 Å². The molecule has 0 saturated heterocycles. The third kappa shape index (κ3) is 8.24. The number of aliphatic carboxylic acids is 1. The van der Waals surface area contributed by atoms with Crippen LogP contribution in [0.4, 0.5) is 0 Å². The summed E-state index contributed by atoms with van der Waals surface area (Å²) in [5, 5.41) is 9.25. The first-order chi connectivity index (χ1) is 10.1. The van der Waals surface area contributed by atoms with Crippen LogP contribution in [-0.2, 0) is 9.53 Å². The summed E-state index contributed by atoms with van der Waals surface area (Å²) in [6, 6.07) is 0. The van der Waals surface area contributed by atoms with Gasteiger partial charge in [-0.2, -0.15) is 0 Å². The Labute approximate surface area is 135 Å². The molecule has 1 N–H and O–H groups in total. The Morgan fingerprint density at radius 3 is 1.71 bits per heavy atom. The Balaban J connectivity index is 5.44. The molecule has 0 spiro atoms. The van der Waals surface area contributed by atoms with E-state index in [4.69, 9.17) is 4.74 Å². The van der Waals surface area contributed by atoms with Crippen molar-refractivity contribution in [3.05, 3.63) is 9.67 Å². The summed E-state index contributed by atoms with van der Waals surface area (Å²) >= 11 is -2.60. The summed E-state index contributed by atoms with van der Waals surface area (Å²) in [4.78, 5) is 11.3. The molecule has 21 heavy (non-hydrogen) atoms. The predicted molar refractivity (Wildman–Crippen MR) is 92.5 cm³/mol. The van der Waals surface area contributed by atoms with Crippen LogP contribution in [-0.4, -0.2) is 43.2 Å². The van der Waals surface area contributed by atoms with Gasteiger partial charge in [-0.1, -0.05) is 0 Å². The number of carbonyl (C=O) groups is 1. The van der Waals surface area contributed by atoms with Crippen molar-refractivity contribution in [2.75, 3.05) is 13.7 Å². The molecule has 3 nitrogen and oxygen atoms in total. The fourth-order valence-corrected chi connectivity index (χ4v) is 19.3. The van der Waals surface area contributed by atoms with E-state index < -0.39 is 24.3 Å². The standard InChI is InChI=1S/C5H7O3.3C4H9.Sn/c1-8-4-2-3-5(6)7;3*1-3-4-2;/h3H,4H2,1H3,(H,6,7);3*1,3-4H2,2H3;. The number of rotatable bonds is 13. The average Bonchev–Trinajstić information content (AvgIpc) is 2.46. The van der Waals surface area contributed by atoms with Gasteiger partial charge in [0.15, 0.2) is 0 Å². The number of hydrogen-bond donors (Lipinski definition) is 1. The van der Waals surface area contributed by atoms with Crippen molar-refractivity contribution < 1.29 is 14.6 Å². The Morgan fingerprint density at radius 2 is 1.43 bits per heavy atom. The molecular formula is C17H34O3Sn. The second-order valence-electron chi connectivity index (χ2n) is 6.03. The van der Waals surface area contributed by atoms with E-state index in [0.717, 1.165) is 0 Å². The number of carboxylic acid groups (broad SMARTS) is 1. The quantitative estimate of drug-likeness (QED) is 0.345. The summed E-state index contributed by atoms with van der Waals surface area (Å²) in [7, 11) is 1.69. The van der Waals surface area contributed by atoms with Crippen molar-refractivity contribution in [1.29, 1.82) is 0 Å². The zero-order chi connectivity index (χ0) is 16.1. The zero-order valence-corrected chi connectivity index (χ0v) is 17.3. The fraction of sp³-hybridized carbons (Fsp3) is 0.824. The van der Waals surface area contributed by atoms with Gasteiger partial charge < -0.3 is 0 Å². The molecule has 0 heterocycles. The molecule has 0 aliphatic heterocycles. The van der Waals surface area contributed by atoms with E-state index in [2.05, 4.69) is 20.8 Å². The van der Waals surface area contributed by atoms with E-state index in [1.54, 1.807) is 7.11 Å². The van der Waals surface area contributed by atoms with Crippen molar-refractivity contribution >= 4 is 24.3 Å². The summed E-state index contributed by atoms with van der Waals surface area (Å²) in [6.07, 6.45) is 8.82. The average molecular weight is 405 g/mol. The van der Waals surface area contributed by atoms with Crippen molar-refractivity contribution in [2.45, 2.75) is 72.6 Å². The normalized spacial score (nSPS) is 12.7. The molecule has 0 fully saturated rings. The maximum atomic E-state index is 11.3. The molecule has 0 unspecified atom stereocenters. The number of hydrogen-bond acceptors (Lipinski definition) is 2. The summed E-state index contributed by atoms with van der Waals surface area (Å²) in [5.74, 6) is -0.798. The molecule has 0 radical (unpaired) electrons. The van der Waals surface area contributed by atoms with E-state index >= 15 is 0 Å². The molecule has 0 aliphatic rings. The predicted octanol–water partition coefficient (Wildman–Crippen LogP) is 5.03. The van der Waals surface area contributed by atoms with E-state index in [1.807, 2.05) is 0 Å². The molecule has 0 bridgehead atoms. The summed E-state index contributed by atoms with van der Waals surface area (Å²) in [5.41, 5.74) is 0.